The predicted molar refractivity (Wildman–Crippen MR) is 73.7 cm³/mol. The van der Waals surface area contributed by atoms with E-state index in [0.717, 1.165) is 0 Å². The Kier molecular flexibility index (Phi) is 3.27. The number of hydrogen-bond donors (Lipinski definition) is 1. The van der Waals surface area contributed by atoms with Crippen LogP contribution in [-0.4, -0.2) is 5.11 Å². The average Bonchev–Trinajstić information content (AvgIpc) is 2.75. The van der Waals surface area contributed by atoms with Crippen LogP contribution in [0.4, 0.5) is 8.78 Å². The molecule has 1 atom stereocenters. The van der Waals surface area contributed by atoms with Gasteiger partial charge < -0.3 is 5.11 Å². The minimum atomic E-state index is -1.19. The number of fused-ring (bicyclic) bond motifs is 1. The van der Waals surface area contributed by atoms with Crippen LogP contribution >= 0.6 is 11.6 Å². The molecule has 1 nitrogen and oxygen atoms in total. The van der Waals surface area contributed by atoms with Crippen LogP contribution in [0.2, 0.25) is 5.02 Å². The molecule has 0 saturated heterocycles. The number of halogens is 3. The van der Waals surface area contributed by atoms with Crippen molar-refractivity contribution < 1.29 is 13.9 Å². The third-order valence-electron chi connectivity index (χ3n) is 3.92. The molecular formula is C16H13ClF2O. The molecule has 0 saturated carbocycles. The molecule has 2 aromatic carbocycles. The van der Waals surface area contributed by atoms with E-state index >= 15 is 0 Å². The summed E-state index contributed by atoms with van der Waals surface area (Å²) in [4.78, 5) is 0. The second-order valence-corrected chi connectivity index (χ2v) is 5.57. The number of benzene rings is 2. The smallest absolute Gasteiger partial charge is 0.142 e. The van der Waals surface area contributed by atoms with Gasteiger partial charge in [-0.15, -0.1) is 0 Å². The van der Waals surface area contributed by atoms with Crippen LogP contribution in [0.15, 0.2) is 36.4 Å². The Labute approximate surface area is 120 Å². The molecule has 0 bridgehead atoms. The summed E-state index contributed by atoms with van der Waals surface area (Å²) in [7, 11) is 0. The van der Waals surface area contributed by atoms with Crippen molar-refractivity contribution in [1.82, 2.24) is 0 Å². The molecular weight excluding hydrogens is 282 g/mol. The molecule has 1 aliphatic rings. The molecule has 0 radical (unpaired) electrons. The Hall–Kier alpha value is -1.45. The molecule has 3 rings (SSSR count). The second-order valence-electron chi connectivity index (χ2n) is 5.19. The fourth-order valence-electron chi connectivity index (χ4n) is 2.90. The van der Waals surface area contributed by atoms with E-state index in [-0.39, 0.29) is 17.3 Å². The summed E-state index contributed by atoms with van der Waals surface area (Å²) in [6, 6.07) is 9.20. The van der Waals surface area contributed by atoms with Crippen LogP contribution in [-0.2, 0) is 18.4 Å². The molecule has 20 heavy (non-hydrogen) atoms. The van der Waals surface area contributed by atoms with Crippen molar-refractivity contribution >= 4 is 11.6 Å². The van der Waals surface area contributed by atoms with Gasteiger partial charge in [0.05, 0.1) is 10.6 Å². The first-order valence-corrected chi connectivity index (χ1v) is 6.82. The second kappa shape index (κ2) is 4.83. The molecule has 1 unspecified atom stereocenters. The van der Waals surface area contributed by atoms with E-state index in [2.05, 4.69) is 0 Å². The van der Waals surface area contributed by atoms with Crippen molar-refractivity contribution in [2.45, 2.75) is 24.9 Å². The van der Waals surface area contributed by atoms with Crippen molar-refractivity contribution in [3.63, 3.8) is 0 Å². The molecule has 1 aliphatic carbocycles. The van der Waals surface area contributed by atoms with Gasteiger partial charge in [0, 0.05) is 6.42 Å². The van der Waals surface area contributed by atoms with Gasteiger partial charge in [0.1, 0.15) is 11.6 Å². The zero-order valence-electron chi connectivity index (χ0n) is 10.7. The molecule has 0 aromatic heterocycles. The number of aliphatic hydroxyl groups is 1. The van der Waals surface area contributed by atoms with Crippen LogP contribution in [0.1, 0.15) is 23.1 Å². The Balaban J connectivity index is 2.00. The van der Waals surface area contributed by atoms with Gasteiger partial charge in [-0.25, -0.2) is 8.78 Å². The summed E-state index contributed by atoms with van der Waals surface area (Å²) in [6.45, 7) is 0. The monoisotopic (exact) mass is 294 g/mol. The summed E-state index contributed by atoms with van der Waals surface area (Å²) in [5, 5.41) is 10.8. The van der Waals surface area contributed by atoms with Gasteiger partial charge in [-0.1, -0.05) is 35.9 Å². The highest BCUT2D eigenvalue weighted by molar-refractivity contribution is 6.31. The van der Waals surface area contributed by atoms with Gasteiger partial charge in [0.15, 0.2) is 0 Å². The quantitative estimate of drug-likeness (QED) is 0.888. The molecule has 0 amide bonds. The maximum Gasteiger partial charge on any atom is 0.142 e. The van der Waals surface area contributed by atoms with E-state index in [9.17, 15) is 13.9 Å². The van der Waals surface area contributed by atoms with Gasteiger partial charge in [0.25, 0.3) is 0 Å². The van der Waals surface area contributed by atoms with Gasteiger partial charge >= 0.3 is 0 Å². The zero-order chi connectivity index (χ0) is 14.3. The molecule has 2 aromatic rings. The molecule has 1 N–H and O–H groups in total. The van der Waals surface area contributed by atoms with Gasteiger partial charge in [-0.3, -0.25) is 0 Å². The summed E-state index contributed by atoms with van der Waals surface area (Å²) < 4.78 is 27.2. The van der Waals surface area contributed by atoms with Gasteiger partial charge in [-0.05, 0) is 41.7 Å². The third-order valence-corrected chi connectivity index (χ3v) is 4.35. The topological polar surface area (TPSA) is 20.2 Å². The van der Waals surface area contributed by atoms with Crippen LogP contribution in [0.25, 0.3) is 0 Å². The van der Waals surface area contributed by atoms with E-state index in [4.69, 9.17) is 11.6 Å². The SMILES string of the molecule is OC1(Cc2cccc(F)c2Cl)CCc2c(F)cccc21. The Morgan fingerprint density at radius 2 is 1.80 bits per heavy atom. The van der Waals surface area contributed by atoms with Gasteiger partial charge in [0.2, 0.25) is 0 Å². The summed E-state index contributed by atoms with van der Waals surface area (Å²) >= 11 is 5.93. The van der Waals surface area contributed by atoms with E-state index in [0.29, 0.717) is 29.5 Å². The molecule has 104 valence electrons. The average molecular weight is 295 g/mol. The number of hydrogen-bond acceptors (Lipinski definition) is 1. The normalized spacial score (nSPS) is 21.0. The highest BCUT2D eigenvalue weighted by Gasteiger charge is 2.38. The summed E-state index contributed by atoms with van der Waals surface area (Å²) in [5.41, 5.74) is 0.473. The summed E-state index contributed by atoms with van der Waals surface area (Å²) in [5.74, 6) is -0.811. The van der Waals surface area contributed by atoms with Crippen molar-refractivity contribution in [3.05, 3.63) is 69.7 Å². The lowest BCUT2D eigenvalue weighted by molar-refractivity contribution is 0.0389. The fraction of sp³-hybridized carbons (Fsp3) is 0.250. The minimum Gasteiger partial charge on any atom is -0.385 e. The lowest BCUT2D eigenvalue weighted by atomic mass is 9.88. The Morgan fingerprint density at radius 3 is 2.60 bits per heavy atom. The van der Waals surface area contributed by atoms with Crippen LogP contribution in [0, 0.1) is 11.6 Å². The first-order valence-electron chi connectivity index (χ1n) is 6.44. The minimum absolute atomic E-state index is 0.0192. The van der Waals surface area contributed by atoms with E-state index in [1.807, 2.05) is 0 Å². The van der Waals surface area contributed by atoms with Crippen molar-refractivity contribution in [2.24, 2.45) is 0 Å². The zero-order valence-corrected chi connectivity index (χ0v) is 11.4. The Bertz CT molecular complexity index is 672. The lowest BCUT2D eigenvalue weighted by Gasteiger charge is -2.24. The fourth-order valence-corrected chi connectivity index (χ4v) is 3.09. The van der Waals surface area contributed by atoms with Crippen LogP contribution in [0.3, 0.4) is 0 Å². The van der Waals surface area contributed by atoms with Crippen molar-refractivity contribution in [2.75, 3.05) is 0 Å². The molecule has 0 spiro atoms. The van der Waals surface area contributed by atoms with Crippen LogP contribution in [0.5, 0.6) is 0 Å². The van der Waals surface area contributed by atoms with E-state index in [1.165, 1.54) is 12.1 Å². The Morgan fingerprint density at radius 1 is 1.10 bits per heavy atom. The molecule has 0 aliphatic heterocycles. The molecule has 0 heterocycles. The van der Waals surface area contributed by atoms with Crippen molar-refractivity contribution in [1.29, 1.82) is 0 Å². The third kappa shape index (κ3) is 2.11. The predicted octanol–water partition coefficient (Wildman–Crippen LogP) is 3.99. The highest BCUT2D eigenvalue weighted by atomic mass is 35.5. The first kappa shape index (κ1) is 13.5. The molecule has 4 heteroatoms. The first-order chi connectivity index (χ1) is 9.51. The number of rotatable bonds is 2. The van der Waals surface area contributed by atoms with E-state index < -0.39 is 11.4 Å². The maximum atomic E-state index is 13.7. The highest BCUT2D eigenvalue weighted by Crippen LogP contribution is 2.41. The van der Waals surface area contributed by atoms with E-state index in [1.54, 1.807) is 24.3 Å². The van der Waals surface area contributed by atoms with Crippen molar-refractivity contribution in [3.8, 4) is 0 Å². The van der Waals surface area contributed by atoms with Gasteiger partial charge in [-0.2, -0.15) is 0 Å². The standard InChI is InChI=1S/C16H13ClF2O/c17-15-10(3-1-6-14(15)19)9-16(20)8-7-11-12(16)4-2-5-13(11)18/h1-6,20H,7-9H2. The largest absolute Gasteiger partial charge is 0.385 e. The lowest BCUT2D eigenvalue weighted by Crippen LogP contribution is -2.25. The molecule has 0 fully saturated rings. The van der Waals surface area contributed by atoms with Crippen LogP contribution < -0.4 is 0 Å². The maximum absolute atomic E-state index is 13.7. The summed E-state index contributed by atoms with van der Waals surface area (Å²) in [6.07, 6.45) is 1.07.